The van der Waals surface area contributed by atoms with Gasteiger partial charge in [0.1, 0.15) is 18.2 Å². The van der Waals surface area contributed by atoms with E-state index < -0.39 is 0 Å². The van der Waals surface area contributed by atoms with Crippen molar-refractivity contribution in [1.29, 1.82) is 0 Å². The van der Waals surface area contributed by atoms with Gasteiger partial charge in [0.15, 0.2) is 5.82 Å². The first-order chi connectivity index (χ1) is 12.6. The van der Waals surface area contributed by atoms with Crippen molar-refractivity contribution < 1.29 is 9.21 Å². The summed E-state index contributed by atoms with van der Waals surface area (Å²) < 4.78 is 7.19. The van der Waals surface area contributed by atoms with Gasteiger partial charge in [0.05, 0.1) is 18.4 Å². The quantitative estimate of drug-likeness (QED) is 0.613. The second kappa shape index (κ2) is 6.44. The number of pyridine rings is 1. The van der Waals surface area contributed by atoms with Crippen molar-refractivity contribution in [2.75, 3.05) is 5.32 Å². The molecular formula is C19H17N5O2. The van der Waals surface area contributed by atoms with Crippen LogP contribution >= 0.6 is 0 Å². The van der Waals surface area contributed by atoms with Gasteiger partial charge in [0.25, 0.3) is 0 Å². The van der Waals surface area contributed by atoms with Crippen LogP contribution in [0.3, 0.4) is 0 Å². The van der Waals surface area contributed by atoms with E-state index in [0.717, 1.165) is 27.7 Å². The Morgan fingerprint density at radius 2 is 2.15 bits per heavy atom. The Balaban J connectivity index is 1.59. The molecule has 4 aromatic rings. The van der Waals surface area contributed by atoms with Gasteiger partial charge in [-0.25, -0.2) is 14.6 Å². The van der Waals surface area contributed by atoms with Crippen LogP contribution in [0, 0.1) is 13.8 Å². The fourth-order valence-electron chi connectivity index (χ4n) is 2.89. The van der Waals surface area contributed by atoms with Crippen LogP contribution in [0.1, 0.15) is 16.7 Å². The summed E-state index contributed by atoms with van der Waals surface area (Å²) in [5.41, 5.74) is 4.51. The minimum atomic E-state index is -0.153. The molecule has 0 aliphatic carbocycles. The first-order valence-electron chi connectivity index (χ1n) is 8.19. The van der Waals surface area contributed by atoms with Gasteiger partial charge in [-0.15, -0.1) is 0 Å². The van der Waals surface area contributed by atoms with Crippen molar-refractivity contribution in [3.63, 3.8) is 0 Å². The fourth-order valence-corrected chi connectivity index (χ4v) is 2.89. The van der Waals surface area contributed by atoms with Crippen LogP contribution in [-0.2, 0) is 11.2 Å². The third-order valence-electron chi connectivity index (χ3n) is 4.39. The number of carbonyl (C=O) groups is 1. The van der Waals surface area contributed by atoms with Crippen molar-refractivity contribution in [3.8, 4) is 5.82 Å². The normalized spacial score (nSPS) is 11.0. The summed E-state index contributed by atoms with van der Waals surface area (Å²) in [6, 6.07) is 7.57. The van der Waals surface area contributed by atoms with Crippen LogP contribution in [0.15, 0.2) is 53.8 Å². The molecule has 0 bridgehead atoms. The van der Waals surface area contributed by atoms with Crippen molar-refractivity contribution in [2.45, 2.75) is 20.3 Å². The van der Waals surface area contributed by atoms with E-state index in [2.05, 4.69) is 20.4 Å². The lowest BCUT2D eigenvalue weighted by Crippen LogP contribution is -2.16. The lowest BCUT2D eigenvalue weighted by Gasteiger charge is -2.09. The van der Waals surface area contributed by atoms with Gasteiger partial charge in [-0.2, -0.15) is 5.10 Å². The van der Waals surface area contributed by atoms with Crippen LogP contribution in [0.4, 0.5) is 5.69 Å². The van der Waals surface area contributed by atoms with E-state index in [1.807, 2.05) is 26.0 Å². The monoisotopic (exact) mass is 347 g/mol. The van der Waals surface area contributed by atoms with E-state index in [4.69, 9.17) is 4.42 Å². The smallest absolute Gasteiger partial charge is 0.229 e. The number of anilines is 1. The van der Waals surface area contributed by atoms with E-state index in [1.165, 1.54) is 17.3 Å². The molecule has 0 saturated carbocycles. The summed E-state index contributed by atoms with van der Waals surface area (Å²) >= 11 is 0. The molecule has 3 aromatic heterocycles. The molecule has 0 radical (unpaired) electrons. The predicted molar refractivity (Wildman–Crippen MR) is 97.2 cm³/mol. The van der Waals surface area contributed by atoms with Crippen molar-refractivity contribution >= 4 is 22.6 Å². The predicted octanol–water partition coefficient (Wildman–Crippen LogP) is 3.21. The van der Waals surface area contributed by atoms with Crippen LogP contribution in [0.5, 0.6) is 0 Å². The molecule has 1 N–H and O–H groups in total. The highest BCUT2D eigenvalue weighted by atomic mass is 16.3. The van der Waals surface area contributed by atoms with Crippen molar-refractivity contribution in [1.82, 2.24) is 19.7 Å². The lowest BCUT2D eigenvalue weighted by molar-refractivity contribution is -0.115. The zero-order valence-electron chi connectivity index (χ0n) is 14.4. The number of amides is 1. The van der Waals surface area contributed by atoms with Crippen molar-refractivity contribution in [2.24, 2.45) is 0 Å². The molecule has 0 atom stereocenters. The number of benzene rings is 1. The third-order valence-corrected chi connectivity index (χ3v) is 4.39. The van der Waals surface area contributed by atoms with Crippen LogP contribution in [0.25, 0.3) is 16.8 Å². The molecular weight excluding hydrogens is 330 g/mol. The SMILES string of the molecule is Cc1ccc2c(CC(=O)Nc3cccnc3-n3cncn3)coc2c1C. The van der Waals surface area contributed by atoms with Gasteiger partial charge in [0, 0.05) is 17.1 Å². The number of nitrogens with zero attached hydrogens (tertiary/aromatic N) is 4. The Morgan fingerprint density at radius 1 is 1.27 bits per heavy atom. The van der Waals surface area contributed by atoms with E-state index in [9.17, 15) is 4.79 Å². The van der Waals surface area contributed by atoms with E-state index >= 15 is 0 Å². The second-order valence-corrected chi connectivity index (χ2v) is 6.08. The minimum absolute atomic E-state index is 0.153. The zero-order valence-corrected chi connectivity index (χ0v) is 14.4. The van der Waals surface area contributed by atoms with E-state index in [-0.39, 0.29) is 12.3 Å². The molecule has 7 nitrogen and oxygen atoms in total. The van der Waals surface area contributed by atoms with Gasteiger partial charge in [-0.1, -0.05) is 12.1 Å². The second-order valence-electron chi connectivity index (χ2n) is 6.08. The molecule has 0 spiro atoms. The number of hydrogen-bond acceptors (Lipinski definition) is 5. The highest BCUT2D eigenvalue weighted by Gasteiger charge is 2.15. The van der Waals surface area contributed by atoms with Gasteiger partial charge in [-0.05, 0) is 37.1 Å². The Labute approximate surface area is 149 Å². The number of carbonyl (C=O) groups excluding carboxylic acids is 1. The molecule has 1 aromatic carbocycles. The highest BCUT2D eigenvalue weighted by molar-refractivity contribution is 5.96. The number of furan rings is 1. The number of nitrogens with one attached hydrogen (secondary N) is 1. The van der Waals surface area contributed by atoms with Crippen LogP contribution in [-0.4, -0.2) is 25.7 Å². The average molecular weight is 347 g/mol. The summed E-state index contributed by atoms with van der Waals surface area (Å²) in [6.07, 6.45) is 6.45. The molecule has 0 aliphatic heterocycles. The number of rotatable bonds is 4. The van der Waals surface area contributed by atoms with Gasteiger partial charge in [-0.3, -0.25) is 4.79 Å². The summed E-state index contributed by atoms with van der Waals surface area (Å²) in [4.78, 5) is 20.8. The van der Waals surface area contributed by atoms with Crippen molar-refractivity contribution in [3.05, 3.63) is 66.1 Å². The summed E-state index contributed by atoms with van der Waals surface area (Å²) in [5.74, 6) is 0.363. The topological polar surface area (TPSA) is 85.8 Å². The molecule has 0 aliphatic rings. The Hall–Kier alpha value is -3.48. The zero-order chi connectivity index (χ0) is 18.1. The number of fused-ring (bicyclic) bond motifs is 1. The Morgan fingerprint density at radius 3 is 2.96 bits per heavy atom. The number of aromatic nitrogens is 4. The first-order valence-corrected chi connectivity index (χ1v) is 8.19. The van der Waals surface area contributed by atoms with E-state index in [1.54, 1.807) is 24.6 Å². The number of hydrogen-bond donors (Lipinski definition) is 1. The molecule has 0 saturated heterocycles. The standard InChI is InChI=1S/C19H17N5O2/c1-12-5-6-15-14(9-26-18(15)13(12)2)8-17(25)23-16-4-3-7-21-19(16)24-11-20-10-22-24/h3-7,9-11H,8H2,1-2H3,(H,23,25). The molecule has 0 fully saturated rings. The lowest BCUT2D eigenvalue weighted by atomic mass is 10.0. The maximum Gasteiger partial charge on any atom is 0.229 e. The molecule has 130 valence electrons. The Kier molecular flexibility index (Phi) is 3.96. The highest BCUT2D eigenvalue weighted by Crippen LogP contribution is 2.27. The van der Waals surface area contributed by atoms with Gasteiger partial charge >= 0.3 is 0 Å². The first kappa shape index (κ1) is 16.0. The molecule has 3 heterocycles. The molecule has 4 rings (SSSR count). The molecule has 1 amide bonds. The maximum atomic E-state index is 12.6. The van der Waals surface area contributed by atoms with Gasteiger partial charge in [0.2, 0.25) is 5.91 Å². The molecule has 26 heavy (non-hydrogen) atoms. The molecule has 7 heteroatoms. The summed E-state index contributed by atoms with van der Waals surface area (Å²) in [7, 11) is 0. The maximum absolute atomic E-state index is 12.6. The van der Waals surface area contributed by atoms with Crippen LogP contribution in [0.2, 0.25) is 0 Å². The van der Waals surface area contributed by atoms with E-state index in [0.29, 0.717) is 11.5 Å². The minimum Gasteiger partial charge on any atom is -0.464 e. The third kappa shape index (κ3) is 2.83. The Bertz CT molecular complexity index is 1080. The summed E-state index contributed by atoms with van der Waals surface area (Å²) in [5, 5.41) is 7.93. The molecule has 0 unspecified atom stereocenters. The average Bonchev–Trinajstić information content (AvgIpc) is 3.29. The number of aryl methyl sites for hydroxylation is 2. The summed E-state index contributed by atoms with van der Waals surface area (Å²) in [6.45, 7) is 4.06. The van der Waals surface area contributed by atoms with Gasteiger partial charge < -0.3 is 9.73 Å². The van der Waals surface area contributed by atoms with Crippen LogP contribution < -0.4 is 5.32 Å². The largest absolute Gasteiger partial charge is 0.464 e. The fraction of sp³-hybridized carbons (Fsp3) is 0.158.